The summed E-state index contributed by atoms with van der Waals surface area (Å²) in [5.41, 5.74) is 1.12. The topological polar surface area (TPSA) is 71.4 Å². The first kappa shape index (κ1) is 17.7. The summed E-state index contributed by atoms with van der Waals surface area (Å²) in [4.78, 5) is 14.2. The summed E-state index contributed by atoms with van der Waals surface area (Å²) in [6.45, 7) is 9.39. The van der Waals surface area contributed by atoms with Crippen LogP contribution in [0.2, 0.25) is 0 Å². The van der Waals surface area contributed by atoms with Gasteiger partial charge < -0.3 is 15.4 Å². The lowest BCUT2D eigenvalue weighted by Crippen LogP contribution is -2.53. The Kier molecular flexibility index (Phi) is 6.41. The summed E-state index contributed by atoms with van der Waals surface area (Å²) in [6, 6.07) is 0.183. The fourth-order valence-corrected chi connectivity index (χ4v) is 2.93. The van der Waals surface area contributed by atoms with E-state index < -0.39 is 0 Å². The third kappa shape index (κ3) is 5.84. The summed E-state index contributed by atoms with van der Waals surface area (Å²) in [5.74, 6) is 0. The number of nitrogens with zero attached hydrogens (tertiary/aromatic N) is 3. The molecule has 7 nitrogen and oxygen atoms in total. The third-order valence-electron chi connectivity index (χ3n) is 4.09. The highest BCUT2D eigenvalue weighted by Gasteiger charge is 2.25. The molecule has 7 heteroatoms. The maximum absolute atomic E-state index is 11.9. The average molecular weight is 323 g/mol. The van der Waals surface area contributed by atoms with Crippen LogP contribution in [-0.2, 0) is 18.2 Å². The van der Waals surface area contributed by atoms with Crippen LogP contribution in [0.1, 0.15) is 26.3 Å². The van der Waals surface area contributed by atoms with Crippen LogP contribution in [0, 0.1) is 0 Å². The summed E-state index contributed by atoms with van der Waals surface area (Å²) in [5, 5.41) is 9.94. The molecule has 1 aliphatic heterocycles. The molecule has 2 amide bonds. The van der Waals surface area contributed by atoms with E-state index in [-0.39, 0.29) is 18.2 Å². The average Bonchev–Trinajstić information content (AvgIpc) is 2.89. The number of ether oxygens (including phenoxy) is 1. The van der Waals surface area contributed by atoms with Gasteiger partial charge in [-0.25, -0.2) is 4.79 Å². The van der Waals surface area contributed by atoms with Crippen LogP contribution >= 0.6 is 0 Å². The van der Waals surface area contributed by atoms with E-state index in [1.54, 1.807) is 4.68 Å². The first-order valence-corrected chi connectivity index (χ1v) is 8.32. The number of morpholine rings is 1. The number of rotatable bonds is 6. The molecule has 0 spiro atoms. The molecule has 1 aliphatic rings. The smallest absolute Gasteiger partial charge is 0.314 e. The number of urea groups is 1. The van der Waals surface area contributed by atoms with E-state index in [0.717, 1.165) is 25.1 Å². The number of carbonyl (C=O) groups excluding carboxylic acids is 1. The van der Waals surface area contributed by atoms with Gasteiger partial charge >= 0.3 is 6.03 Å². The fraction of sp³-hybridized carbons (Fsp3) is 0.750. The lowest BCUT2D eigenvalue weighted by atomic mass is 10.2. The molecule has 1 saturated heterocycles. The molecule has 2 N–H and O–H groups in total. The molecule has 1 fully saturated rings. The van der Waals surface area contributed by atoms with Gasteiger partial charge in [-0.05, 0) is 32.8 Å². The number of amides is 2. The minimum atomic E-state index is -0.116. The first-order valence-electron chi connectivity index (χ1n) is 8.32. The van der Waals surface area contributed by atoms with Crippen LogP contribution in [0.3, 0.4) is 0 Å². The number of aromatic nitrogens is 2. The van der Waals surface area contributed by atoms with Crippen molar-refractivity contribution >= 4 is 6.03 Å². The second-order valence-corrected chi connectivity index (χ2v) is 6.47. The van der Waals surface area contributed by atoms with Crippen molar-refractivity contribution in [2.45, 2.75) is 45.4 Å². The van der Waals surface area contributed by atoms with Crippen LogP contribution in [0.4, 0.5) is 4.79 Å². The van der Waals surface area contributed by atoms with Gasteiger partial charge in [-0.3, -0.25) is 9.58 Å². The second kappa shape index (κ2) is 8.31. The van der Waals surface area contributed by atoms with Crippen molar-refractivity contribution < 1.29 is 9.53 Å². The maximum Gasteiger partial charge on any atom is 0.314 e. The van der Waals surface area contributed by atoms with E-state index in [1.165, 1.54) is 0 Å². The Hall–Kier alpha value is -1.60. The predicted molar refractivity (Wildman–Crippen MR) is 89.4 cm³/mol. The van der Waals surface area contributed by atoms with Crippen molar-refractivity contribution in [3.63, 3.8) is 0 Å². The standard InChI is InChI=1S/C16H29N5O2/c1-12(21-9-13(2)23-14(3)10-21)7-18-16(22)17-6-5-15-8-19-20(4)11-15/h8,11-14H,5-7,9-10H2,1-4H3,(H2,17,18,22). The Morgan fingerprint density at radius 1 is 1.39 bits per heavy atom. The second-order valence-electron chi connectivity index (χ2n) is 6.47. The first-order chi connectivity index (χ1) is 10.9. The number of hydrogen-bond donors (Lipinski definition) is 2. The molecule has 1 aromatic heterocycles. The molecular formula is C16H29N5O2. The van der Waals surface area contributed by atoms with E-state index in [2.05, 4.69) is 41.4 Å². The normalized spacial score (nSPS) is 23.5. The van der Waals surface area contributed by atoms with Gasteiger partial charge in [-0.1, -0.05) is 0 Å². The van der Waals surface area contributed by atoms with Gasteiger partial charge in [0.15, 0.2) is 0 Å². The molecule has 130 valence electrons. The highest BCUT2D eigenvalue weighted by Crippen LogP contribution is 2.13. The van der Waals surface area contributed by atoms with Crippen molar-refractivity contribution in [1.82, 2.24) is 25.3 Å². The summed E-state index contributed by atoms with van der Waals surface area (Å²) in [6.07, 6.45) is 5.06. The number of aryl methyl sites for hydroxylation is 1. The molecule has 23 heavy (non-hydrogen) atoms. The van der Waals surface area contributed by atoms with Crippen LogP contribution < -0.4 is 10.6 Å². The van der Waals surface area contributed by atoms with Crippen LogP contribution in [0.15, 0.2) is 12.4 Å². The lowest BCUT2D eigenvalue weighted by Gasteiger charge is -2.38. The van der Waals surface area contributed by atoms with Gasteiger partial charge in [0, 0.05) is 45.5 Å². The number of nitrogens with one attached hydrogen (secondary N) is 2. The van der Waals surface area contributed by atoms with E-state index in [0.29, 0.717) is 19.1 Å². The molecule has 0 saturated carbocycles. The van der Waals surface area contributed by atoms with E-state index >= 15 is 0 Å². The van der Waals surface area contributed by atoms with Gasteiger partial charge in [0.05, 0.1) is 18.4 Å². The molecular weight excluding hydrogens is 294 g/mol. The predicted octanol–water partition coefficient (Wildman–Crippen LogP) is 0.760. The van der Waals surface area contributed by atoms with E-state index in [4.69, 9.17) is 4.74 Å². The minimum absolute atomic E-state index is 0.116. The minimum Gasteiger partial charge on any atom is -0.373 e. The van der Waals surface area contributed by atoms with Crippen LogP contribution in [0.5, 0.6) is 0 Å². The summed E-state index contributed by atoms with van der Waals surface area (Å²) in [7, 11) is 1.89. The van der Waals surface area contributed by atoms with Crippen molar-refractivity contribution in [1.29, 1.82) is 0 Å². The quantitative estimate of drug-likeness (QED) is 0.811. The van der Waals surface area contributed by atoms with Gasteiger partial charge in [0.25, 0.3) is 0 Å². The molecule has 0 aromatic carbocycles. The Labute approximate surface area is 138 Å². The highest BCUT2D eigenvalue weighted by atomic mass is 16.5. The lowest BCUT2D eigenvalue weighted by molar-refractivity contribution is -0.0778. The molecule has 1 aromatic rings. The molecule has 0 radical (unpaired) electrons. The zero-order valence-corrected chi connectivity index (χ0v) is 14.6. The molecule has 2 rings (SSSR count). The Balaban J connectivity index is 1.63. The van der Waals surface area contributed by atoms with E-state index in [1.807, 2.05) is 19.4 Å². The van der Waals surface area contributed by atoms with Gasteiger partial charge in [0.1, 0.15) is 0 Å². The molecule has 2 heterocycles. The molecule has 3 atom stereocenters. The maximum atomic E-state index is 11.9. The fourth-order valence-electron chi connectivity index (χ4n) is 2.93. The Morgan fingerprint density at radius 3 is 2.70 bits per heavy atom. The SMILES string of the molecule is CC1CN(C(C)CNC(=O)NCCc2cnn(C)c2)CC(C)O1. The highest BCUT2D eigenvalue weighted by molar-refractivity contribution is 5.73. The number of carbonyl (C=O) groups is 1. The summed E-state index contributed by atoms with van der Waals surface area (Å²) >= 11 is 0. The van der Waals surface area contributed by atoms with Crippen molar-refractivity contribution in [2.24, 2.45) is 7.05 Å². The van der Waals surface area contributed by atoms with Crippen molar-refractivity contribution in [3.8, 4) is 0 Å². The Bertz CT molecular complexity index is 494. The van der Waals surface area contributed by atoms with E-state index in [9.17, 15) is 4.79 Å². The van der Waals surface area contributed by atoms with Crippen molar-refractivity contribution in [2.75, 3.05) is 26.2 Å². The number of hydrogen-bond acceptors (Lipinski definition) is 4. The van der Waals surface area contributed by atoms with Gasteiger partial charge in [0.2, 0.25) is 0 Å². The zero-order valence-electron chi connectivity index (χ0n) is 14.6. The molecule has 3 unspecified atom stereocenters. The third-order valence-corrected chi connectivity index (χ3v) is 4.09. The van der Waals surface area contributed by atoms with Crippen LogP contribution in [0.25, 0.3) is 0 Å². The largest absolute Gasteiger partial charge is 0.373 e. The van der Waals surface area contributed by atoms with Crippen LogP contribution in [-0.4, -0.2) is 65.1 Å². The van der Waals surface area contributed by atoms with Gasteiger partial charge in [-0.2, -0.15) is 5.10 Å². The summed E-state index contributed by atoms with van der Waals surface area (Å²) < 4.78 is 7.51. The molecule has 0 aliphatic carbocycles. The van der Waals surface area contributed by atoms with Gasteiger partial charge in [-0.15, -0.1) is 0 Å². The Morgan fingerprint density at radius 2 is 2.09 bits per heavy atom. The monoisotopic (exact) mass is 323 g/mol. The van der Waals surface area contributed by atoms with Crippen molar-refractivity contribution in [3.05, 3.63) is 18.0 Å². The zero-order chi connectivity index (χ0) is 16.8. The molecule has 0 bridgehead atoms.